The van der Waals surface area contributed by atoms with Crippen molar-refractivity contribution in [3.05, 3.63) is 70.3 Å². The van der Waals surface area contributed by atoms with Gasteiger partial charge in [-0.15, -0.1) is 0 Å². The molecule has 3 aliphatic heterocycles. The van der Waals surface area contributed by atoms with E-state index in [2.05, 4.69) is 0 Å². The molecule has 1 unspecified atom stereocenters. The molecule has 0 aliphatic carbocycles. The molecule has 27 heteroatoms. The maximum atomic E-state index is 14.5. The van der Waals surface area contributed by atoms with E-state index in [4.69, 9.17) is 33.2 Å². The molecule has 1 saturated heterocycles. The zero-order chi connectivity index (χ0) is 49.8. The van der Waals surface area contributed by atoms with E-state index in [0.29, 0.717) is 42.5 Å². The number of hydrogen-bond donors (Lipinski definition) is 13. The molecule has 3 aliphatic rings. The Balaban J connectivity index is 1.44. The first-order valence-corrected chi connectivity index (χ1v) is 19.1. The lowest BCUT2D eigenvalue weighted by atomic mass is 9.76. The number of hydrogen-bond acceptors (Lipinski definition) is 26. The number of aromatic hydroxyl groups is 11. The van der Waals surface area contributed by atoms with Gasteiger partial charge in [0.15, 0.2) is 81.6 Å². The molecule has 8 atom stereocenters. The molecule has 0 aromatic heterocycles. The molecule has 27 nitrogen and oxygen atoms in total. The lowest BCUT2D eigenvalue weighted by Gasteiger charge is -2.44. The quantitative estimate of drug-likeness (QED) is 0.0455. The van der Waals surface area contributed by atoms with Crippen LogP contribution in [-0.2, 0) is 42.8 Å². The zero-order valence-electron chi connectivity index (χ0n) is 33.6. The van der Waals surface area contributed by atoms with Crippen molar-refractivity contribution in [3.8, 4) is 69.0 Å². The number of aliphatic hydroxyl groups is 1. The van der Waals surface area contributed by atoms with Crippen LogP contribution in [0.5, 0.6) is 69.0 Å². The Kier molecular flexibility index (Phi) is 12.2. The normalized spacial score (nSPS) is 23.0. The van der Waals surface area contributed by atoms with Gasteiger partial charge in [-0.1, -0.05) is 0 Å². The van der Waals surface area contributed by atoms with Gasteiger partial charge in [0.1, 0.15) is 12.7 Å². The number of carboxylic acid groups (broad SMARTS) is 1. The molecule has 7 rings (SSSR count). The zero-order valence-corrected chi connectivity index (χ0v) is 33.6. The number of carboxylic acids is 1. The number of carbonyl (C=O) groups is 7. The number of phenols is 11. The summed E-state index contributed by atoms with van der Waals surface area (Å²) in [6, 6.07) is 3.84. The van der Waals surface area contributed by atoms with Crippen LogP contribution < -0.4 is 4.74 Å². The number of esters is 6. The van der Waals surface area contributed by atoms with E-state index < -0.39 is 200 Å². The number of rotatable bonds is 9. The minimum atomic E-state index is -2.57. The van der Waals surface area contributed by atoms with E-state index in [-0.39, 0.29) is 0 Å². The number of carbonyl (C=O) groups excluding carboxylic acids is 6. The van der Waals surface area contributed by atoms with Gasteiger partial charge in [-0.2, -0.15) is 0 Å². The smallest absolute Gasteiger partial charge is 0.341 e. The Bertz CT molecular complexity index is 2750. The van der Waals surface area contributed by atoms with Crippen molar-refractivity contribution >= 4 is 41.8 Å². The van der Waals surface area contributed by atoms with Crippen LogP contribution in [0.25, 0.3) is 0 Å². The Morgan fingerprint density at radius 1 is 0.574 bits per heavy atom. The van der Waals surface area contributed by atoms with Crippen LogP contribution in [0.3, 0.4) is 0 Å². The lowest BCUT2D eigenvalue weighted by molar-refractivity contribution is -0.287. The second-order valence-electron chi connectivity index (χ2n) is 14.9. The third-order valence-electron chi connectivity index (χ3n) is 10.6. The van der Waals surface area contributed by atoms with Crippen LogP contribution in [0.4, 0.5) is 0 Å². The van der Waals surface area contributed by atoms with E-state index in [1.54, 1.807) is 0 Å². The Morgan fingerprint density at radius 3 is 1.54 bits per heavy atom. The number of aliphatic hydroxyl groups excluding tert-OH is 1. The first-order chi connectivity index (χ1) is 32.0. The summed E-state index contributed by atoms with van der Waals surface area (Å²) >= 11 is 0. The molecular formula is C41H32O27. The number of ether oxygens (including phenoxy) is 7. The van der Waals surface area contributed by atoms with Gasteiger partial charge in [-0.25, -0.2) is 24.0 Å². The van der Waals surface area contributed by atoms with E-state index in [9.17, 15) is 99.9 Å². The van der Waals surface area contributed by atoms with E-state index in [1.165, 1.54) is 0 Å². The molecule has 0 spiro atoms. The second-order valence-corrected chi connectivity index (χ2v) is 14.9. The fraction of sp³-hybridized carbons (Fsp3) is 0.244. The minimum absolute atomic E-state index is 0.449. The van der Waals surface area contributed by atoms with Crippen LogP contribution in [0, 0.1) is 5.92 Å². The van der Waals surface area contributed by atoms with Gasteiger partial charge in [0.05, 0.1) is 34.6 Å². The monoisotopic (exact) mass is 956 g/mol. The lowest BCUT2D eigenvalue weighted by Crippen LogP contribution is -2.63. The Labute approximate surface area is 375 Å². The maximum Gasteiger partial charge on any atom is 0.341 e. The molecule has 0 saturated carbocycles. The molecule has 1 fully saturated rings. The molecule has 0 amide bonds. The van der Waals surface area contributed by atoms with Crippen molar-refractivity contribution in [1.29, 1.82) is 0 Å². The van der Waals surface area contributed by atoms with E-state index in [0.717, 1.165) is 0 Å². The summed E-state index contributed by atoms with van der Waals surface area (Å²) in [5.41, 5.74) is -4.15. The molecule has 358 valence electrons. The summed E-state index contributed by atoms with van der Waals surface area (Å²) in [4.78, 5) is 95.4. The molecule has 3 heterocycles. The summed E-state index contributed by atoms with van der Waals surface area (Å²) in [6.07, 6.45) is -16.3. The Morgan fingerprint density at radius 2 is 1.04 bits per heavy atom. The first kappa shape index (κ1) is 46.9. The van der Waals surface area contributed by atoms with Crippen molar-refractivity contribution < 1.29 is 133 Å². The highest BCUT2D eigenvalue weighted by Crippen LogP contribution is 2.51. The summed E-state index contributed by atoms with van der Waals surface area (Å²) in [6.45, 7) is -1.28. The van der Waals surface area contributed by atoms with E-state index >= 15 is 0 Å². The van der Waals surface area contributed by atoms with Crippen LogP contribution in [0.2, 0.25) is 0 Å². The van der Waals surface area contributed by atoms with Crippen molar-refractivity contribution in [2.75, 3.05) is 6.61 Å². The maximum absolute atomic E-state index is 14.5. The van der Waals surface area contributed by atoms with Crippen molar-refractivity contribution in [2.45, 2.75) is 49.1 Å². The van der Waals surface area contributed by atoms with Crippen LogP contribution in [0.15, 0.2) is 42.5 Å². The Hall–Kier alpha value is -9.11. The minimum Gasteiger partial charge on any atom is -0.504 e. The molecule has 68 heavy (non-hydrogen) atoms. The van der Waals surface area contributed by atoms with Crippen molar-refractivity contribution in [1.82, 2.24) is 0 Å². The molecule has 2 bridgehead atoms. The fourth-order valence-electron chi connectivity index (χ4n) is 7.37. The number of fused-ring (bicyclic) bond motifs is 2. The SMILES string of the molecule is O=C(O)C[C@H]1C(=O)OC2[C@@H](COC(=O)c3cc(O)c(O)c(O)c3)O[C@@H](OC(=O)c3cc(O)c(O)c(O)c3)[C@H](OC(=O)c3cc(O)c(O)c4c3[C@H]1[C@@H](O)C(=O)O4)[C@H]2OC(=O)c1cc(O)c(O)c(O)c1. The van der Waals surface area contributed by atoms with Crippen molar-refractivity contribution in [3.63, 3.8) is 0 Å². The number of benzene rings is 4. The molecule has 13 N–H and O–H groups in total. The first-order valence-electron chi connectivity index (χ1n) is 19.1. The van der Waals surface area contributed by atoms with Gasteiger partial charge >= 0.3 is 41.8 Å². The average Bonchev–Trinajstić information content (AvgIpc) is 3.28. The fourth-order valence-corrected chi connectivity index (χ4v) is 7.37. The average molecular weight is 957 g/mol. The predicted molar refractivity (Wildman–Crippen MR) is 207 cm³/mol. The standard InChI is InChI=1S/C41H32O27/c42-15-1-10(2-16(43)26(15)51)35(56)62-9-22-31-33(66-36(57)11-3-17(44)27(52)18(45)4-11)34(41(63-22)68-37(58)12-5-19(46)28(53)20(47)6-12)67-38(59)13-7-21(48)29(54)32-25(13)24(30(55)40(61)65-32)14(8-23(49)50)39(60)64-31/h1-7,14,22,24,30-31,33-34,41-48,51-55H,8-9H2,(H,49,50)/t14-,22-,24+,30-,31?,33+,34-,41+/m1/s1. The highest BCUT2D eigenvalue weighted by atomic mass is 16.7. The molecule has 4 aromatic carbocycles. The van der Waals surface area contributed by atoms with E-state index in [1.807, 2.05) is 0 Å². The third kappa shape index (κ3) is 8.58. The second kappa shape index (κ2) is 17.7. The van der Waals surface area contributed by atoms with Crippen LogP contribution >= 0.6 is 0 Å². The molecule has 0 radical (unpaired) electrons. The van der Waals surface area contributed by atoms with Crippen LogP contribution in [0.1, 0.15) is 59.3 Å². The summed E-state index contributed by atoms with van der Waals surface area (Å²) in [5, 5.41) is 133. The number of phenolic OH excluding ortho intramolecular Hbond substituents is 11. The summed E-state index contributed by atoms with van der Waals surface area (Å²) < 4.78 is 38.6. The van der Waals surface area contributed by atoms with Gasteiger partial charge in [-0.3, -0.25) is 9.59 Å². The molecule has 4 aromatic rings. The number of aliphatic carboxylic acids is 1. The highest BCUT2D eigenvalue weighted by Gasteiger charge is 2.57. The third-order valence-corrected chi connectivity index (χ3v) is 10.6. The van der Waals surface area contributed by atoms with Gasteiger partial charge < -0.3 is 99.5 Å². The summed E-state index contributed by atoms with van der Waals surface area (Å²) in [5.74, 6) is -29.8. The van der Waals surface area contributed by atoms with Gasteiger partial charge in [0.25, 0.3) is 0 Å². The predicted octanol–water partition coefficient (Wildman–Crippen LogP) is 0.0179. The van der Waals surface area contributed by atoms with Gasteiger partial charge in [-0.05, 0) is 42.5 Å². The van der Waals surface area contributed by atoms with Crippen molar-refractivity contribution in [2.24, 2.45) is 5.92 Å². The van der Waals surface area contributed by atoms with Crippen LogP contribution in [-0.4, -0.2) is 152 Å². The van der Waals surface area contributed by atoms with Gasteiger partial charge in [0.2, 0.25) is 18.1 Å². The highest BCUT2D eigenvalue weighted by molar-refractivity contribution is 5.98. The summed E-state index contributed by atoms with van der Waals surface area (Å²) in [7, 11) is 0. The largest absolute Gasteiger partial charge is 0.504 e. The molecular weight excluding hydrogens is 924 g/mol. The topological polar surface area (TPSA) is 447 Å². The van der Waals surface area contributed by atoms with Gasteiger partial charge in [0, 0.05) is 11.5 Å².